The van der Waals surface area contributed by atoms with Crippen LogP contribution in [-0.2, 0) is 16.4 Å². The predicted molar refractivity (Wildman–Crippen MR) is 90.5 cm³/mol. The fourth-order valence-corrected chi connectivity index (χ4v) is 3.35. The van der Waals surface area contributed by atoms with Crippen LogP contribution in [0.5, 0.6) is 0 Å². The molecule has 1 N–H and O–H groups in total. The molecular formula is C17H15F2N3O2S. The topological polar surface area (TPSA) is 64.0 Å². The molecule has 0 radical (unpaired) electrons. The number of hydrogen-bond acceptors (Lipinski definition) is 4. The molecule has 0 fully saturated rings. The van der Waals surface area contributed by atoms with E-state index in [0.717, 1.165) is 11.3 Å². The summed E-state index contributed by atoms with van der Waals surface area (Å²) in [6.45, 7) is 0.256. The molecule has 130 valence electrons. The molecule has 0 amide bonds. The van der Waals surface area contributed by atoms with Gasteiger partial charge in [0.05, 0.1) is 16.3 Å². The largest absolute Gasteiger partial charge is 0.380 e. The van der Waals surface area contributed by atoms with Crippen LogP contribution in [-0.4, -0.2) is 24.0 Å². The van der Waals surface area contributed by atoms with Crippen molar-refractivity contribution in [2.75, 3.05) is 5.32 Å². The summed E-state index contributed by atoms with van der Waals surface area (Å²) in [4.78, 5) is -0.415. The van der Waals surface area contributed by atoms with Crippen molar-refractivity contribution in [3.05, 3.63) is 72.6 Å². The number of aromatic nitrogens is 2. The molecule has 0 saturated carbocycles. The molecule has 3 aromatic rings. The molecular weight excluding hydrogens is 348 g/mol. The fraction of sp³-hybridized carbons (Fsp3) is 0.118. The van der Waals surface area contributed by atoms with Gasteiger partial charge in [-0.15, -0.1) is 0 Å². The summed E-state index contributed by atoms with van der Waals surface area (Å²) in [6, 6.07) is 14.8. The highest BCUT2D eigenvalue weighted by Gasteiger charge is 2.28. The van der Waals surface area contributed by atoms with Gasteiger partial charge < -0.3 is 5.32 Å². The van der Waals surface area contributed by atoms with Crippen LogP contribution in [0.2, 0.25) is 0 Å². The molecule has 0 aliphatic rings. The molecule has 8 heteroatoms. The SMILES string of the molecule is O=S(=O)(c1ccccc1NCc1ccccc1-n1cccn1)C(F)F. The van der Waals surface area contributed by atoms with E-state index in [1.54, 1.807) is 29.2 Å². The van der Waals surface area contributed by atoms with Crippen molar-refractivity contribution in [2.45, 2.75) is 17.2 Å². The van der Waals surface area contributed by atoms with Crippen LogP contribution in [0.1, 0.15) is 5.56 Å². The van der Waals surface area contributed by atoms with Crippen molar-refractivity contribution in [3.63, 3.8) is 0 Å². The Bertz CT molecular complexity index is 958. The van der Waals surface area contributed by atoms with Crippen LogP contribution >= 0.6 is 0 Å². The van der Waals surface area contributed by atoms with Gasteiger partial charge in [0, 0.05) is 18.9 Å². The zero-order chi connectivity index (χ0) is 17.9. The maximum absolute atomic E-state index is 12.9. The minimum Gasteiger partial charge on any atom is -0.380 e. The molecule has 1 heterocycles. The van der Waals surface area contributed by atoms with Crippen LogP contribution in [0.3, 0.4) is 0 Å². The van der Waals surface area contributed by atoms with Gasteiger partial charge in [-0.1, -0.05) is 30.3 Å². The van der Waals surface area contributed by atoms with Gasteiger partial charge in [0.1, 0.15) is 0 Å². The number of nitrogens with one attached hydrogen (secondary N) is 1. The minimum atomic E-state index is -4.68. The van der Waals surface area contributed by atoms with E-state index < -0.39 is 20.5 Å². The summed E-state index contributed by atoms with van der Waals surface area (Å²) in [5.74, 6) is -3.47. The first kappa shape index (κ1) is 17.1. The smallest absolute Gasteiger partial charge is 0.341 e. The Balaban J connectivity index is 1.90. The summed E-state index contributed by atoms with van der Waals surface area (Å²) in [7, 11) is -4.68. The van der Waals surface area contributed by atoms with Crippen LogP contribution in [0.25, 0.3) is 5.69 Å². The van der Waals surface area contributed by atoms with Gasteiger partial charge in [-0.25, -0.2) is 13.1 Å². The molecule has 25 heavy (non-hydrogen) atoms. The molecule has 0 spiro atoms. The van der Waals surface area contributed by atoms with Gasteiger partial charge in [0.15, 0.2) is 0 Å². The Morgan fingerprint density at radius 3 is 2.48 bits per heavy atom. The van der Waals surface area contributed by atoms with Crippen molar-refractivity contribution in [3.8, 4) is 5.69 Å². The lowest BCUT2D eigenvalue weighted by molar-refractivity contribution is 0.235. The van der Waals surface area contributed by atoms with E-state index in [2.05, 4.69) is 10.4 Å². The lowest BCUT2D eigenvalue weighted by Gasteiger charge is -2.14. The number of anilines is 1. The Morgan fingerprint density at radius 2 is 1.76 bits per heavy atom. The Hall–Kier alpha value is -2.74. The summed E-state index contributed by atoms with van der Waals surface area (Å²) in [6.07, 6.45) is 3.43. The van der Waals surface area contributed by atoms with E-state index in [9.17, 15) is 17.2 Å². The lowest BCUT2D eigenvalue weighted by Crippen LogP contribution is -2.14. The number of para-hydroxylation sites is 2. The lowest BCUT2D eigenvalue weighted by atomic mass is 10.1. The molecule has 0 aliphatic carbocycles. The zero-order valence-electron chi connectivity index (χ0n) is 13.0. The molecule has 0 bridgehead atoms. The van der Waals surface area contributed by atoms with E-state index in [4.69, 9.17) is 0 Å². The van der Waals surface area contributed by atoms with Crippen LogP contribution in [0, 0.1) is 0 Å². The van der Waals surface area contributed by atoms with Gasteiger partial charge in [-0.05, 0) is 29.8 Å². The predicted octanol–water partition coefficient (Wildman–Crippen LogP) is 3.48. The number of sulfone groups is 1. The first-order chi connectivity index (χ1) is 12.0. The minimum absolute atomic E-state index is 0.137. The number of hydrogen-bond donors (Lipinski definition) is 1. The van der Waals surface area contributed by atoms with Crippen LogP contribution in [0.4, 0.5) is 14.5 Å². The fourth-order valence-electron chi connectivity index (χ4n) is 2.44. The Morgan fingerprint density at radius 1 is 1.04 bits per heavy atom. The summed E-state index contributed by atoms with van der Waals surface area (Å²) in [5.41, 5.74) is 1.79. The first-order valence-corrected chi connectivity index (χ1v) is 8.97. The van der Waals surface area contributed by atoms with E-state index in [0.29, 0.717) is 0 Å². The van der Waals surface area contributed by atoms with Gasteiger partial charge in [0.2, 0.25) is 9.84 Å². The Labute approximate surface area is 143 Å². The highest BCUT2D eigenvalue weighted by atomic mass is 32.2. The van der Waals surface area contributed by atoms with Gasteiger partial charge >= 0.3 is 5.76 Å². The van der Waals surface area contributed by atoms with Crippen LogP contribution in [0.15, 0.2) is 71.9 Å². The standard InChI is InChI=1S/C17H15F2N3O2S/c18-17(19)25(23,24)16-9-4-2-7-14(16)20-12-13-6-1-3-8-15(13)22-11-5-10-21-22/h1-11,17,20H,12H2. The molecule has 5 nitrogen and oxygen atoms in total. The summed E-state index contributed by atoms with van der Waals surface area (Å²) < 4.78 is 51.0. The number of benzene rings is 2. The number of nitrogens with zero attached hydrogens (tertiary/aromatic N) is 2. The highest BCUT2D eigenvalue weighted by molar-refractivity contribution is 7.91. The normalized spacial score (nSPS) is 11.6. The molecule has 1 aromatic heterocycles. The zero-order valence-corrected chi connectivity index (χ0v) is 13.8. The van der Waals surface area contributed by atoms with Gasteiger partial charge in [0.25, 0.3) is 0 Å². The van der Waals surface area contributed by atoms with Crippen LogP contribution < -0.4 is 5.32 Å². The third kappa shape index (κ3) is 3.53. The molecule has 2 aromatic carbocycles. The summed E-state index contributed by atoms with van der Waals surface area (Å²) >= 11 is 0. The summed E-state index contributed by atoms with van der Waals surface area (Å²) in [5, 5.41) is 7.12. The molecule has 0 atom stereocenters. The van der Waals surface area contributed by atoms with E-state index in [1.165, 1.54) is 18.2 Å². The van der Waals surface area contributed by atoms with E-state index in [1.807, 2.05) is 24.3 Å². The second-order valence-electron chi connectivity index (χ2n) is 5.23. The molecule has 3 rings (SSSR count). The maximum Gasteiger partial charge on any atom is 0.341 e. The number of halogens is 2. The van der Waals surface area contributed by atoms with Gasteiger partial charge in [-0.3, -0.25) is 0 Å². The quantitative estimate of drug-likeness (QED) is 0.728. The number of rotatable bonds is 6. The molecule has 0 unspecified atom stereocenters. The van der Waals surface area contributed by atoms with E-state index in [-0.39, 0.29) is 12.2 Å². The second kappa shape index (κ2) is 7.02. The van der Waals surface area contributed by atoms with Crippen molar-refractivity contribution >= 4 is 15.5 Å². The van der Waals surface area contributed by atoms with Crippen molar-refractivity contribution in [1.29, 1.82) is 0 Å². The molecule has 0 saturated heterocycles. The third-order valence-electron chi connectivity index (χ3n) is 3.64. The maximum atomic E-state index is 12.9. The number of alkyl halides is 2. The van der Waals surface area contributed by atoms with Gasteiger partial charge in [-0.2, -0.15) is 13.9 Å². The van der Waals surface area contributed by atoms with Crippen molar-refractivity contribution < 1.29 is 17.2 Å². The average Bonchev–Trinajstić information content (AvgIpc) is 3.14. The van der Waals surface area contributed by atoms with Crippen molar-refractivity contribution in [2.24, 2.45) is 0 Å². The molecule has 0 aliphatic heterocycles. The first-order valence-electron chi connectivity index (χ1n) is 7.43. The third-order valence-corrected chi connectivity index (χ3v) is 5.08. The second-order valence-corrected chi connectivity index (χ2v) is 7.12. The monoisotopic (exact) mass is 363 g/mol. The average molecular weight is 363 g/mol. The van der Waals surface area contributed by atoms with E-state index >= 15 is 0 Å². The highest BCUT2D eigenvalue weighted by Crippen LogP contribution is 2.27. The van der Waals surface area contributed by atoms with Crippen molar-refractivity contribution in [1.82, 2.24) is 9.78 Å². The Kier molecular flexibility index (Phi) is 4.80.